The van der Waals surface area contributed by atoms with Crippen molar-refractivity contribution in [2.45, 2.75) is 38.2 Å². The van der Waals surface area contributed by atoms with Gasteiger partial charge in [0.05, 0.1) is 12.1 Å². The molecule has 3 aromatic carbocycles. The van der Waals surface area contributed by atoms with Crippen LogP contribution in [0.25, 0.3) is 0 Å². The molecule has 0 bridgehead atoms. The quantitative estimate of drug-likeness (QED) is 0.485. The average Bonchev–Trinajstić information content (AvgIpc) is 2.99. The van der Waals surface area contributed by atoms with Crippen molar-refractivity contribution >= 4 is 29.0 Å². The lowest BCUT2D eigenvalue weighted by molar-refractivity contribution is -0.135. The van der Waals surface area contributed by atoms with E-state index in [0.717, 1.165) is 11.1 Å². The normalized spacial score (nSPS) is 17.7. The van der Waals surface area contributed by atoms with E-state index >= 15 is 0 Å². The number of halogens is 1. The Morgan fingerprint density at radius 1 is 1.03 bits per heavy atom. The van der Waals surface area contributed by atoms with Gasteiger partial charge < -0.3 is 10.0 Å². The minimum absolute atomic E-state index is 0.285. The summed E-state index contributed by atoms with van der Waals surface area (Å²) in [4.78, 5) is 28.0. The minimum Gasteiger partial charge on any atom is -0.375 e. The third-order valence-corrected chi connectivity index (χ3v) is 6.31. The molecule has 0 saturated heterocycles. The molecule has 0 aliphatic carbocycles. The number of amides is 1. The van der Waals surface area contributed by atoms with Crippen molar-refractivity contribution in [2.24, 2.45) is 0 Å². The topological polar surface area (TPSA) is 57.6 Å². The highest BCUT2D eigenvalue weighted by Crippen LogP contribution is 2.44. The van der Waals surface area contributed by atoms with Gasteiger partial charge in [-0.1, -0.05) is 80.0 Å². The molecule has 32 heavy (non-hydrogen) atoms. The summed E-state index contributed by atoms with van der Waals surface area (Å²) in [6.07, 6.45) is 0.303. The smallest absolute Gasteiger partial charge is 0.264 e. The molecule has 164 valence electrons. The molecule has 1 aliphatic heterocycles. The number of fused-ring (bicyclic) bond motifs is 1. The van der Waals surface area contributed by atoms with Crippen LogP contribution in [-0.2, 0) is 16.8 Å². The zero-order chi connectivity index (χ0) is 22.9. The lowest BCUT2D eigenvalue weighted by Crippen LogP contribution is -2.42. The number of carbonyl (C=O) groups is 2. The van der Waals surface area contributed by atoms with Crippen LogP contribution < -0.4 is 4.90 Å². The predicted molar refractivity (Wildman–Crippen MR) is 127 cm³/mol. The largest absolute Gasteiger partial charge is 0.375 e. The number of carbonyl (C=O) groups excluding carboxylic acids is 2. The third kappa shape index (κ3) is 4.21. The number of aliphatic hydroxyl groups is 1. The molecule has 3 aromatic rings. The summed E-state index contributed by atoms with van der Waals surface area (Å²) in [5, 5.41) is 11.9. The number of benzene rings is 3. The molecule has 0 spiro atoms. The van der Waals surface area contributed by atoms with Crippen LogP contribution in [0.15, 0.2) is 72.8 Å². The number of hydrogen-bond acceptors (Lipinski definition) is 3. The molecule has 1 unspecified atom stereocenters. The lowest BCUT2D eigenvalue weighted by Gasteiger charge is -2.23. The highest BCUT2D eigenvalue weighted by Gasteiger charge is 2.50. The summed E-state index contributed by atoms with van der Waals surface area (Å²) in [6.45, 7) is 4.57. The van der Waals surface area contributed by atoms with Crippen LogP contribution in [0.1, 0.15) is 53.2 Å². The molecule has 4 nitrogen and oxygen atoms in total. The summed E-state index contributed by atoms with van der Waals surface area (Å²) in [5.41, 5.74) is 1.73. The van der Waals surface area contributed by atoms with Crippen LogP contribution in [0.3, 0.4) is 0 Å². The molecule has 0 aromatic heterocycles. The van der Waals surface area contributed by atoms with Gasteiger partial charge in [-0.15, -0.1) is 0 Å². The van der Waals surface area contributed by atoms with Crippen LogP contribution in [0.5, 0.6) is 0 Å². The molecular weight excluding hydrogens is 422 g/mol. The van der Waals surface area contributed by atoms with Crippen molar-refractivity contribution in [3.05, 3.63) is 100 Å². The van der Waals surface area contributed by atoms with Gasteiger partial charge in [0.2, 0.25) is 0 Å². The van der Waals surface area contributed by atoms with Crippen LogP contribution in [0, 0.1) is 0 Å². The van der Waals surface area contributed by atoms with E-state index < -0.39 is 11.5 Å². The van der Waals surface area contributed by atoms with E-state index in [2.05, 4.69) is 13.8 Å². The Labute approximate surface area is 193 Å². The standard InChI is InChI=1S/C27H26ClNO3/c1-18(2)20-8-10-21(11-9-20)25(30)17-27(32)23-16-22(28)12-13-24(23)29(26(27)31)15-14-19-6-4-3-5-7-19/h3-13,16,18,32H,14-15,17H2,1-2H3. The molecule has 0 fully saturated rings. The van der Waals surface area contributed by atoms with Crippen LogP contribution >= 0.6 is 11.6 Å². The maximum Gasteiger partial charge on any atom is 0.264 e. The van der Waals surface area contributed by atoms with Gasteiger partial charge in [0.15, 0.2) is 11.4 Å². The second-order valence-corrected chi connectivity index (χ2v) is 9.03. The highest BCUT2D eigenvalue weighted by molar-refractivity contribution is 6.31. The van der Waals surface area contributed by atoms with Gasteiger partial charge in [0.25, 0.3) is 5.91 Å². The fourth-order valence-electron chi connectivity index (χ4n) is 4.19. The molecule has 0 saturated carbocycles. The Morgan fingerprint density at radius 3 is 2.38 bits per heavy atom. The SMILES string of the molecule is CC(C)c1ccc(C(=O)CC2(O)C(=O)N(CCc3ccccc3)c3ccc(Cl)cc32)cc1. The van der Waals surface area contributed by atoms with Gasteiger partial charge in [-0.25, -0.2) is 0 Å². The Morgan fingerprint density at radius 2 is 1.72 bits per heavy atom. The monoisotopic (exact) mass is 447 g/mol. The number of hydrogen-bond donors (Lipinski definition) is 1. The molecule has 1 atom stereocenters. The van der Waals surface area contributed by atoms with E-state index in [1.165, 1.54) is 0 Å². The van der Waals surface area contributed by atoms with E-state index in [0.29, 0.717) is 40.7 Å². The Balaban J connectivity index is 1.61. The lowest BCUT2D eigenvalue weighted by atomic mass is 9.87. The summed E-state index contributed by atoms with van der Waals surface area (Å²) in [6, 6.07) is 22.2. The summed E-state index contributed by atoms with van der Waals surface area (Å²) in [7, 11) is 0. The fourth-order valence-corrected chi connectivity index (χ4v) is 4.36. The van der Waals surface area contributed by atoms with Gasteiger partial charge in [-0.3, -0.25) is 9.59 Å². The zero-order valence-corrected chi connectivity index (χ0v) is 19.0. The molecule has 1 amide bonds. The number of nitrogens with zero attached hydrogens (tertiary/aromatic N) is 1. The number of rotatable bonds is 7. The minimum atomic E-state index is -1.94. The molecule has 1 N–H and O–H groups in total. The van der Waals surface area contributed by atoms with Gasteiger partial charge in [-0.05, 0) is 41.7 Å². The second-order valence-electron chi connectivity index (χ2n) is 8.59. The van der Waals surface area contributed by atoms with E-state index in [1.54, 1.807) is 35.2 Å². The predicted octanol–water partition coefficient (Wildman–Crippen LogP) is 5.51. The average molecular weight is 448 g/mol. The van der Waals surface area contributed by atoms with Crippen molar-refractivity contribution in [3.63, 3.8) is 0 Å². The molecule has 4 rings (SSSR count). The second kappa shape index (κ2) is 8.89. The first-order chi connectivity index (χ1) is 15.3. The van der Waals surface area contributed by atoms with Gasteiger partial charge in [-0.2, -0.15) is 0 Å². The number of anilines is 1. The Hall–Kier alpha value is -2.95. The van der Waals surface area contributed by atoms with Crippen molar-refractivity contribution in [1.29, 1.82) is 0 Å². The first kappa shape index (κ1) is 22.3. The molecule has 0 radical (unpaired) electrons. The van der Waals surface area contributed by atoms with E-state index in [-0.39, 0.29) is 12.2 Å². The Kier molecular flexibility index (Phi) is 6.18. The maximum absolute atomic E-state index is 13.4. The molecule has 5 heteroatoms. The Bertz CT molecular complexity index is 1140. The third-order valence-electron chi connectivity index (χ3n) is 6.08. The van der Waals surface area contributed by atoms with Gasteiger partial charge in [0.1, 0.15) is 0 Å². The van der Waals surface area contributed by atoms with Gasteiger partial charge in [0, 0.05) is 22.7 Å². The maximum atomic E-state index is 13.4. The molecular formula is C27H26ClNO3. The molecule has 1 aliphatic rings. The van der Waals surface area contributed by atoms with Crippen molar-refractivity contribution < 1.29 is 14.7 Å². The van der Waals surface area contributed by atoms with Crippen molar-refractivity contribution in [3.8, 4) is 0 Å². The van der Waals surface area contributed by atoms with E-state index in [1.807, 2.05) is 42.5 Å². The van der Waals surface area contributed by atoms with Crippen LogP contribution in [-0.4, -0.2) is 23.3 Å². The number of ketones is 1. The summed E-state index contributed by atoms with van der Waals surface area (Å²) in [5.74, 6) is -0.420. The van der Waals surface area contributed by atoms with E-state index in [9.17, 15) is 14.7 Å². The van der Waals surface area contributed by atoms with Crippen LogP contribution in [0.2, 0.25) is 5.02 Å². The first-order valence-corrected chi connectivity index (χ1v) is 11.2. The van der Waals surface area contributed by atoms with E-state index in [4.69, 9.17) is 11.6 Å². The summed E-state index contributed by atoms with van der Waals surface area (Å²) >= 11 is 6.19. The van der Waals surface area contributed by atoms with Crippen molar-refractivity contribution in [1.82, 2.24) is 0 Å². The van der Waals surface area contributed by atoms with Crippen LogP contribution in [0.4, 0.5) is 5.69 Å². The van der Waals surface area contributed by atoms with Crippen molar-refractivity contribution in [2.75, 3.05) is 11.4 Å². The fraction of sp³-hybridized carbons (Fsp3) is 0.259. The summed E-state index contributed by atoms with van der Waals surface area (Å²) < 4.78 is 0. The number of Topliss-reactive ketones (excluding diaryl/α,β-unsaturated/α-hetero) is 1. The van der Waals surface area contributed by atoms with Gasteiger partial charge >= 0.3 is 0 Å². The highest BCUT2D eigenvalue weighted by atomic mass is 35.5. The molecule has 1 heterocycles. The first-order valence-electron chi connectivity index (χ1n) is 10.8. The zero-order valence-electron chi connectivity index (χ0n) is 18.2.